The van der Waals surface area contributed by atoms with Gasteiger partial charge in [-0.2, -0.15) is 0 Å². The molecule has 1 aliphatic heterocycles. The van der Waals surface area contributed by atoms with Crippen molar-refractivity contribution in [1.82, 2.24) is 0 Å². The molecule has 0 bridgehead atoms. The smallest absolute Gasteiger partial charge is 0.231 e. The van der Waals surface area contributed by atoms with E-state index in [1.165, 1.54) is 0 Å². The van der Waals surface area contributed by atoms with Crippen molar-refractivity contribution in [2.24, 2.45) is 0 Å². The van der Waals surface area contributed by atoms with Crippen LogP contribution in [0.1, 0.15) is 43.7 Å². The van der Waals surface area contributed by atoms with Gasteiger partial charge in [0.15, 0.2) is 11.5 Å². The molecule has 0 saturated carbocycles. The Morgan fingerprint density at radius 1 is 1.29 bits per heavy atom. The molecule has 0 aromatic heterocycles. The SMILES string of the molecule is CC(C)c1c(C(C)CO)cc(Cl)c2c1OCO2. The van der Waals surface area contributed by atoms with Crippen LogP contribution >= 0.6 is 11.6 Å². The lowest BCUT2D eigenvalue weighted by molar-refractivity contribution is 0.173. The lowest BCUT2D eigenvalue weighted by Gasteiger charge is -2.19. The number of rotatable bonds is 3. The molecule has 2 rings (SSSR count). The third kappa shape index (κ3) is 2.09. The average molecular weight is 257 g/mol. The fourth-order valence-electron chi connectivity index (χ4n) is 2.17. The molecule has 0 spiro atoms. The summed E-state index contributed by atoms with van der Waals surface area (Å²) in [7, 11) is 0. The monoisotopic (exact) mass is 256 g/mol. The van der Waals surface area contributed by atoms with E-state index in [9.17, 15) is 5.11 Å². The first kappa shape index (κ1) is 12.5. The number of aliphatic hydroxyl groups excluding tert-OH is 1. The fourth-order valence-corrected chi connectivity index (χ4v) is 2.43. The molecule has 0 fully saturated rings. The van der Waals surface area contributed by atoms with Crippen molar-refractivity contribution >= 4 is 11.6 Å². The topological polar surface area (TPSA) is 38.7 Å². The molecule has 0 aliphatic carbocycles. The predicted molar refractivity (Wildman–Crippen MR) is 67.2 cm³/mol. The average Bonchev–Trinajstić information content (AvgIpc) is 2.76. The van der Waals surface area contributed by atoms with Gasteiger partial charge in [-0.05, 0) is 17.5 Å². The van der Waals surface area contributed by atoms with Crippen molar-refractivity contribution in [3.05, 3.63) is 22.2 Å². The van der Waals surface area contributed by atoms with Crippen molar-refractivity contribution in [2.75, 3.05) is 13.4 Å². The number of hydrogen-bond donors (Lipinski definition) is 1. The normalized spacial score (nSPS) is 15.4. The van der Waals surface area contributed by atoms with Gasteiger partial charge in [-0.3, -0.25) is 0 Å². The molecule has 1 heterocycles. The third-order valence-electron chi connectivity index (χ3n) is 3.05. The molecule has 1 aromatic carbocycles. The van der Waals surface area contributed by atoms with E-state index in [1.807, 2.05) is 13.0 Å². The molecule has 1 aliphatic rings. The lowest BCUT2D eigenvalue weighted by atomic mass is 9.89. The van der Waals surface area contributed by atoms with E-state index in [-0.39, 0.29) is 19.3 Å². The Balaban J connectivity index is 2.63. The highest BCUT2D eigenvalue weighted by Crippen LogP contribution is 2.47. The first-order valence-electron chi connectivity index (χ1n) is 5.79. The highest BCUT2D eigenvalue weighted by molar-refractivity contribution is 6.32. The van der Waals surface area contributed by atoms with Crippen LogP contribution in [0, 0.1) is 0 Å². The van der Waals surface area contributed by atoms with Crippen molar-refractivity contribution in [1.29, 1.82) is 0 Å². The predicted octanol–water partition coefficient (Wildman–Crippen LogP) is 3.29. The highest BCUT2D eigenvalue weighted by Gasteiger charge is 2.27. The van der Waals surface area contributed by atoms with Crippen LogP contribution in [0.25, 0.3) is 0 Å². The lowest BCUT2D eigenvalue weighted by Crippen LogP contribution is -2.06. The third-order valence-corrected chi connectivity index (χ3v) is 3.33. The van der Waals surface area contributed by atoms with E-state index >= 15 is 0 Å². The van der Waals surface area contributed by atoms with E-state index in [2.05, 4.69) is 13.8 Å². The molecule has 3 nitrogen and oxygen atoms in total. The van der Waals surface area contributed by atoms with Crippen LogP contribution in [-0.2, 0) is 0 Å². The maximum absolute atomic E-state index is 9.32. The minimum atomic E-state index is 0.0411. The molecular weight excluding hydrogens is 240 g/mol. The number of fused-ring (bicyclic) bond motifs is 1. The van der Waals surface area contributed by atoms with Gasteiger partial charge in [0.2, 0.25) is 6.79 Å². The molecule has 1 unspecified atom stereocenters. The zero-order valence-corrected chi connectivity index (χ0v) is 11.0. The van der Waals surface area contributed by atoms with Gasteiger partial charge in [0.1, 0.15) is 0 Å². The van der Waals surface area contributed by atoms with Crippen molar-refractivity contribution in [3.63, 3.8) is 0 Å². The van der Waals surface area contributed by atoms with Crippen LogP contribution in [0.15, 0.2) is 6.07 Å². The van der Waals surface area contributed by atoms with Crippen molar-refractivity contribution < 1.29 is 14.6 Å². The summed E-state index contributed by atoms with van der Waals surface area (Å²) in [4.78, 5) is 0. The second kappa shape index (κ2) is 4.75. The summed E-state index contributed by atoms with van der Waals surface area (Å²) >= 11 is 6.17. The summed E-state index contributed by atoms with van der Waals surface area (Å²) in [6.07, 6.45) is 0. The Morgan fingerprint density at radius 3 is 2.53 bits per heavy atom. The van der Waals surface area contributed by atoms with Gasteiger partial charge < -0.3 is 14.6 Å². The van der Waals surface area contributed by atoms with Crippen LogP contribution in [0.4, 0.5) is 0 Å². The first-order valence-corrected chi connectivity index (χ1v) is 6.16. The van der Waals surface area contributed by atoms with Crippen LogP contribution in [0.3, 0.4) is 0 Å². The molecule has 0 amide bonds. The quantitative estimate of drug-likeness (QED) is 0.902. The standard InChI is InChI=1S/C13H17ClO3/c1-7(2)11-9(8(3)5-15)4-10(14)12-13(11)17-6-16-12/h4,7-8,15H,5-6H2,1-3H3. The van der Waals surface area contributed by atoms with Gasteiger partial charge in [-0.15, -0.1) is 0 Å². The first-order chi connectivity index (χ1) is 8.06. The Hall–Kier alpha value is -0.930. The zero-order valence-electron chi connectivity index (χ0n) is 10.3. The summed E-state index contributed by atoms with van der Waals surface area (Å²) in [5, 5.41) is 9.87. The number of halogens is 1. The minimum Gasteiger partial charge on any atom is -0.453 e. The highest BCUT2D eigenvalue weighted by atomic mass is 35.5. The fraction of sp³-hybridized carbons (Fsp3) is 0.538. The Bertz CT molecular complexity index is 429. The molecule has 4 heteroatoms. The second-order valence-corrected chi connectivity index (χ2v) is 5.07. The Labute approximate surface area is 106 Å². The molecule has 1 aromatic rings. The summed E-state index contributed by atoms with van der Waals surface area (Å²) in [6, 6.07) is 1.88. The number of benzene rings is 1. The van der Waals surface area contributed by atoms with E-state index < -0.39 is 0 Å². The number of ether oxygens (including phenoxy) is 2. The number of hydrogen-bond acceptors (Lipinski definition) is 3. The van der Waals surface area contributed by atoms with Crippen molar-refractivity contribution in [2.45, 2.75) is 32.6 Å². The number of aliphatic hydroxyl groups is 1. The minimum absolute atomic E-state index is 0.0411. The maximum atomic E-state index is 9.32. The molecular formula is C13H17ClO3. The van der Waals surface area contributed by atoms with Gasteiger partial charge in [-0.25, -0.2) is 0 Å². The van der Waals surface area contributed by atoms with Gasteiger partial charge in [0, 0.05) is 18.1 Å². The van der Waals surface area contributed by atoms with E-state index in [0.717, 1.165) is 16.9 Å². The molecule has 0 radical (unpaired) electrons. The van der Waals surface area contributed by atoms with E-state index in [1.54, 1.807) is 0 Å². The van der Waals surface area contributed by atoms with Gasteiger partial charge >= 0.3 is 0 Å². The Kier molecular flexibility index (Phi) is 3.50. The van der Waals surface area contributed by atoms with Crippen LogP contribution < -0.4 is 9.47 Å². The van der Waals surface area contributed by atoms with Crippen LogP contribution in [-0.4, -0.2) is 18.5 Å². The summed E-state index contributed by atoms with van der Waals surface area (Å²) in [5.41, 5.74) is 2.13. The van der Waals surface area contributed by atoms with Crippen LogP contribution in [0.5, 0.6) is 11.5 Å². The summed E-state index contributed by atoms with van der Waals surface area (Å²) in [6.45, 7) is 6.47. The summed E-state index contributed by atoms with van der Waals surface area (Å²) in [5.74, 6) is 1.71. The van der Waals surface area contributed by atoms with Gasteiger partial charge in [0.25, 0.3) is 0 Å². The Morgan fingerprint density at radius 2 is 1.94 bits per heavy atom. The second-order valence-electron chi connectivity index (χ2n) is 4.66. The largest absolute Gasteiger partial charge is 0.453 e. The molecule has 17 heavy (non-hydrogen) atoms. The van der Waals surface area contributed by atoms with E-state index in [4.69, 9.17) is 21.1 Å². The van der Waals surface area contributed by atoms with Crippen LogP contribution in [0.2, 0.25) is 5.02 Å². The van der Waals surface area contributed by atoms with Crippen molar-refractivity contribution in [3.8, 4) is 11.5 Å². The molecule has 94 valence electrons. The molecule has 1 atom stereocenters. The van der Waals surface area contributed by atoms with Gasteiger partial charge in [-0.1, -0.05) is 32.4 Å². The van der Waals surface area contributed by atoms with E-state index in [0.29, 0.717) is 16.7 Å². The summed E-state index contributed by atoms with van der Waals surface area (Å²) < 4.78 is 10.9. The molecule has 1 N–H and O–H groups in total. The maximum Gasteiger partial charge on any atom is 0.231 e. The zero-order chi connectivity index (χ0) is 12.6. The van der Waals surface area contributed by atoms with Gasteiger partial charge in [0.05, 0.1) is 5.02 Å². The molecule has 0 saturated heterocycles.